The maximum atomic E-state index is 9.93. The van der Waals surface area contributed by atoms with Crippen molar-refractivity contribution in [3.63, 3.8) is 0 Å². The van der Waals surface area contributed by atoms with E-state index in [0.717, 1.165) is 27.9 Å². The minimum Gasteiger partial charge on any atom is -0.506 e. The molecule has 2 aromatic heterocycles. The van der Waals surface area contributed by atoms with E-state index in [4.69, 9.17) is 0 Å². The van der Waals surface area contributed by atoms with Gasteiger partial charge in [0.05, 0.1) is 16.9 Å². The van der Waals surface area contributed by atoms with Crippen molar-refractivity contribution >= 4 is 46.1 Å². The predicted octanol–water partition coefficient (Wildman–Crippen LogP) is 11.0. The molecule has 0 saturated carbocycles. The molecule has 0 aliphatic heterocycles. The van der Waals surface area contributed by atoms with Crippen molar-refractivity contribution in [2.45, 2.75) is 0 Å². The van der Waals surface area contributed by atoms with E-state index in [1.807, 2.05) is 78.9 Å². The van der Waals surface area contributed by atoms with Crippen LogP contribution in [0.2, 0.25) is 0 Å². The first kappa shape index (κ1) is 36.3. The molecule has 4 nitrogen and oxygen atoms in total. The monoisotopic (exact) mass is 712 g/mol. The SMILES string of the molecule is C(=C\c1ccc2ccccc2n1)/c1ccc(-c2ccccc2)cc1.O.Oc1cccc2ccc(/C=C/c3ccc(-c4ccccc4)cc3)nc12.[Zn]. The average molecular weight is 714 g/mol. The molecule has 3 N–H and O–H groups in total. The molecule has 8 aromatic rings. The summed E-state index contributed by atoms with van der Waals surface area (Å²) in [5, 5.41) is 12.0. The zero-order chi connectivity index (χ0) is 33.3. The molecule has 0 radical (unpaired) electrons. The molecule has 51 heavy (non-hydrogen) atoms. The van der Waals surface area contributed by atoms with Gasteiger partial charge >= 0.3 is 0 Å². The van der Waals surface area contributed by atoms with Crippen molar-refractivity contribution in [1.82, 2.24) is 9.97 Å². The summed E-state index contributed by atoms with van der Waals surface area (Å²) in [4.78, 5) is 9.19. The van der Waals surface area contributed by atoms with Crippen LogP contribution in [0.3, 0.4) is 0 Å². The first-order chi connectivity index (χ1) is 24.2. The second-order valence-corrected chi connectivity index (χ2v) is 11.7. The number of hydrogen-bond acceptors (Lipinski definition) is 3. The maximum Gasteiger partial charge on any atom is 0.141 e. The number of benzene rings is 6. The van der Waals surface area contributed by atoms with E-state index in [1.54, 1.807) is 6.07 Å². The Morgan fingerprint density at radius 1 is 0.373 bits per heavy atom. The zero-order valence-electron chi connectivity index (χ0n) is 28.1. The predicted molar refractivity (Wildman–Crippen MR) is 210 cm³/mol. The smallest absolute Gasteiger partial charge is 0.141 e. The van der Waals surface area contributed by atoms with Gasteiger partial charge in [0, 0.05) is 30.3 Å². The van der Waals surface area contributed by atoms with Gasteiger partial charge in [0.25, 0.3) is 0 Å². The molecule has 0 aliphatic carbocycles. The Hall–Kier alpha value is -6.00. The molecule has 0 saturated heterocycles. The Morgan fingerprint density at radius 2 is 0.824 bits per heavy atom. The molecule has 0 bridgehead atoms. The molecule has 0 atom stereocenters. The Kier molecular flexibility index (Phi) is 12.5. The number of phenolic OH excluding ortho intramolecular Hbond substituents is 1. The van der Waals surface area contributed by atoms with Gasteiger partial charge in [0.2, 0.25) is 0 Å². The van der Waals surface area contributed by atoms with Crippen molar-refractivity contribution < 1.29 is 30.1 Å². The van der Waals surface area contributed by atoms with Crippen LogP contribution >= 0.6 is 0 Å². The van der Waals surface area contributed by atoms with Crippen LogP contribution in [0.25, 0.3) is 68.4 Å². The van der Waals surface area contributed by atoms with E-state index in [2.05, 4.69) is 125 Å². The van der Waals surface area contributed by atoms with Crippen LogP contribution in [-0.4, -0.2) is 20.6 Å². The fourth-order valence-electron chi connectivity index (χ4n) is 5.61. The van der Waals surface area contributed by atoms with E-state index < -0.39 is 0 Å². The van der Waals surface area contributed by atoms with Crippen LogP contribution in [0.5, 0.6) is 5.75 Å². The van der Waals surface area contributed by atoms with Crippen LogP contribution < -0.4 is 0 Å². The normalized spacial score (nSPS) is 10.7. The van der Waals surface area contributed by atoms with Crippen molar-refractivity contribution in [2.24, 2.45) is 0 Å². The summed E-state index contributed by atoms with van der Waals surface area (Å²) in [5.74, 6) is 0.208. The molecule has 2 heterocycles. The van der Waals surface area contributed by atoms with Crippen LogP contribution in [0.4, 0.5) is 0 Å². The van der Waals surface area contributed by atoms with E-state index in [-0.39, 0.29) is 30.7 Å². The summed E-state index contributed by atoms with van der Waals surface area (Å²) in [6.07, 6.45) is 8.15. The Bertz CT molecular complexity index is 2370. The summed E-state index contributed by atoms with van der Waals surface area (Å²) >= 11 is 0. The third-order valence-corrected chi connectivity index (χ3v) is 8.27. The number of aromatic nitrogens is 2. The van der Waals surface area contributed by atoms with Crippen molar-refractivity contribution in [3.05, 3.63) is 198 Å². The average Bonchev–Trinajstić information content (AvgIpc) is 3.18. The fourth-order valence-corrected chi connectivity index (χ4v) is 5.61. The van der Waals surface area contributed by atoms with E-state index >= 15 is 0 Å². The molecule has 244 valence electrons. The number of nitrogens with zero attached hydrogens (tertiary/aromatic N) is 2. The van der Waals surface area contributed by atoms with Crippen LogP contribution in [-0.2, 0) is 19.5 Å². The number of aromatic hydroxyl groups is 1. The quantitative estimate of drug-likeness (QED) is 0.174. The van der Waals surface area contributed by atoms with Crippen LogP contribution in [0, 0.1) is 0 Å². The van der Waals surface area contributed by atoms with Gasteiger partial charge in [-0.2, -0.15) is 0 Å². The molecule has 5 heteroatoms. The van der Waals surface area contributed by atoms with E-state index in [9.17, 15) is 5.11 Å². The number of pyridine rings is 2. The molecule has 0 spiro atoms. The molecular formula is C46H36N2O2Zn. The third-order valence-electron chi connectivity index (χ3n) is 8.27. The first-order valence-corrected chi connectivity index (χ1v) is 16.3. The van der Waals surface area contributed by atoms with Crippen molar-refractivity contribution in [1.29, 1.82) is 0 Å². The minimum atomic E-state index is 0. The zero-order valence-corrected chi connectivity index (χ0v) is 31.1. The van der Waals surface area contributed by atoms with Crippen LogP contribution in [0.15, 0.2) is 176 Å². The fraction of sp³-hybridized carbons (Fsp3) is 0. The van der Waals surface area contributed by atoms with Gasteiger partial charge in [-0.1, -0.05) is 164 Å². The van der Waals surface area contributed by atoms with Crippen LogP contribution in [0.1, 0.15) is 22.5 Å². The number of hydrogen-bond donors (Lipinski definition) is 1. The molecule has 0 unspecified atom stereocenters. The standard InChI is InChI=1S/C23H17NO.C23H17N.H2O.Zn/c25-22-8-4-7-20-14-16-21(24-23(20)22)15-11-17-9-12-19(13-10-17)18-5-2-1-3-6-18;1-2-6-19(7-3-1)20-13-10-18(11-14-20)12-16-22-17-15-21-8-4-5-9-23(21)24-22;;/h1-16,25H;1-17H;1H2;/b15-11+;16-12+;;. The third kappa shape index (κ3) is 9.37. The Balaban J connectivity index is 0.000000190. The number of rotatable bonds is 6. The topological polar surface area (TPSA) is 77.5 Å². The van der Waals surface area contributed by atoms with E-state index in [0.29, 0.717) is 5.52 Å². The van der Waals surface area contributed by atoms with Gasteiger partial charge in [-0.15, -0.1) is 0 Å². The summed E-state index contributed by atoms with van der Waals surface area (Å²) in [6.45, 7) is 0. The van der Waals surface area contributed by atoms with Crippen molar-refractivity contribution in [2.75, 3.05) is 0 Å². The summed E-state index contributed by atoms with van der Waals surface area (Å²) < 4.78 is 0. The molecule has 8 rings (SSSR count). The molecule has 0 aliphatic rings. The van der Waals surface area contributed by atoms with Gasteiger partial charge < -0.3 is 10.6 Å². The Morgan fingerprint density at radius 3 is 1.39 bits per heavy atom. The summed E-state index contributed by atoms with van der Waals surface area (Å²) in [5.41, 5.74) is 10.6. The van der Waals surface area contributed by atoms with Crippen molar-refractivity contribution in [3.8, 4) is 28.0 Å². The number of fused-ring (bicyclic) bond motifs is 2. The van der Waals surface area contributed by atoms with Gasteiger partial charge in [-0.25, -0.2) is 9.97 Å². The van der Waals surface area contributed by atoms with Gasteiger partial charge in [-0.3, -0.25) is 0 Å². The van der Waals surface area contributed by atoms with Gasteiger partial charge in [0.1, 0.15) is 11.3 Å². The molecule has 0 fully saturated rings. The molecular weight excluding hydrogens is 678 g/mol. The summed E-state index contributed by atoms with van der Waals surface area (Å²) in [7, 11) is 0. The minimum absolute atomic E-state index is 0. The summed E-state index contributed by atoms with van der Waals surface area (Å²) in [6, 6.07) is 59.5. The van der Waals surface area contributed by atoms with E-state index in [1.165, 1.54) is 33.2 Å². The molecule has 0 amide bonds. The molecule has 6 aromatic carbocycles. The Labute approximate surface area is 311 Å². The van der Waals surface area contributed by atoms with Gasteiger partial charge in [-0.05, 0) is 69.8 Å². The largest absolute Gasteiger partial charge is 0.506 e. The number of para-hydroxylation sites is 2. The maximum absolute atomic E-state index is 9.93. The first-order valence-electron chi connectivity index (χ1n) is 16.3. The number of phenols is 1. The second-order valence-electron chi connectivity index (χ2n) is 11.7. The second kappa shape index (κ2) is 17.6. The van der Waals surface area contributed by atoms with Gasteiger partial charge in [0.15, 0.2) is 0 Å².